The number of benzene rings is 1. The number of hydrogen-bond donors (Lipinski definition) is 0. The van der Waals surface area contributed by atoms with E-state index in [9.17, 15) is 4.39 Å². The highest BCUT2D eigenvalue weighted by atomic mass is 19.1. The van der Waals surface area contributed by atoms with Gasteiger partial charge in [0, 0.05) is 12.6 Å². The highest BCUT2D eigenvalue weighted by Crippen LogP contribution is 2.07. The van der Waals surface area contributed by atoms with Crippen LogP contribution in [0.4, 0.5) is 4.39 Å². The van der Waals surface area contributed by atoms with Gasteiger partial charge in [-0.1, -0.05) is 18.7 Å². The van der Waals surface area contributed by atoms with E-state index in [4.69, 9.17) is 0 Å². The molecule has 0 heterocycles. The van der Waals surface area contributed by atoms with Gasteiger partial charge in [-0.15, -0.1) is 0 Å². The van der Waals surface area contributed by atoms with Gasteiger partial charge in [0.25, 0.3) is 0 Å². The van der Waals surface area contributed by atoms with Crippen molar-refractivity contribution >= 4 is 5.71 Å². The van der Waals surface area contributed by atoms with Crippen LogP contribution in [0.25, 0.3) is 0 Å². The van der Waals surface area contributed by atoms with Crippen molar-refractivity contribution in [3.05, 3.63) is 48.3 Å². The molecule has 0 fully saturated rings. The molecule has 0 bridgehead atoms. The van der Waals surface area contributed by atoms with Crippen LogP contribution in [-0.2, 0) is 0 Å². The Balaban J connectivity index is 3.18. The summed E-state index contributed by atoms with van der Waals surface area (Å²) in [5.74, 6) is -0.266. The number of hydrogen-bond acceptors (Lipinski definition) is 1. The standard InChI is InChI=1S/C10H10FN/c1-3-10(12-2)8-6-4-5-7-9(8)11/h3-7H,1H2,2H3. The van der Waals surface area contributed by atoms with Crippen LogP contribution >= 0.6 is 0 Å². The minimum absolute atomic E-state index is 0.266. The molecule has 0 radical (unpaired) electrons. The second kappa shape index (κ2) is 3.81. The summed E-state index contributed by atoms with van der Waals surface area (Å²) in [6.07, 6.45) is 1.54. The van der Waals surface area contributed by atoms with Gasteiger partial charge in [0.2, 0.25) is 0 Å². The average molecular weight is 163 g/mol. The van der Waals surface area contributed by atoms with Crippen LogP contribution in [0.1, 0.15) is 5.56 Å². The van der Waals surface area contributed by atoms with Crippen molar-refractivity contribution < 1.29 is 4.39 Å². The molecule has 1 nitrogen and oxygen atoms in total. The van der Waals surface area contributed by atoms with Gasteiger partial charge in [-0.2, -0.15) is 0 Å². The van der Waals surface area contributed by atoms with Crippen molar-refractivity contribution in [2.24, 2.45) is 4.99 Å². The summed E-state index contributed by atoms with van der Waals surface area (Å²) in [5, 5.41) is 0. The van der Waals surface area contributed by atoms with E-state index in [1.807, 2.05) is 0 Å². The normalized spacial score (nSPS) is 11.3. The molecule has 0 aromatic heterocycles. The maximum atomic E-state index is 13.1. The van der Waals surface area contributed by atoms with E-state index < -0.39 is 0 Å². The molecule has 0 aliphatic heterocycles. The fraction of sp³-hybridized carbons (Fsp3) is 0.100. The predicted octanol–water partition coefficient (Wildman–Crippen LogP) is 2.43. The van der Waals surface area contributed by atoms with Crippen LogP contribution < -0.4 is 0 Å². The number of allylic oxidation sites excluding steroid dienone is 1. The second-order valence-corrected chi connectivity index (χ2v) is 2.29. The Morgan fingerprint density at radius 2 is 2.17 bits per heavy atom. The SMILES string of the molecule is C=CC(=NC)c1ccccc1F. The molecule has 2 heteroatoms. The highest BCUT2D eigenvalue weighted by molar-refractivity contribution is 6.08. The van der Waals surface area contributed by atoms with E-state index in [1.165, 1.54) is 6.07 Å². The summed E-state index contributed by atoms with van der Waals surface area (Å²) in [5.41, 5.74) is 1.07. The Bertz CT molecular complexity index is 315. The van der Waals surface area contributed by atoms with Crippen molar-refractivity contribution in [2.45, 2.75) is 0 Å². The summed E-state index contributed by atoms with van der Waals surface area (Å²) in [6, 6.07) is 6.51. The maximum Gasteiger partial charge on any atom is 0.132 e. The molecule has 0 aliphatic rings. The van der Waals surface area contributed by atoms with Crippen LogP contribution in [0.3, 0.4) is 0 Å². The van der Waals surface area contributed by atoms with Crippen molar-refractivity contribution in [3.63, 3.8) is 0 Å². The minimum atomic E-state index is -0.266. The van der Waals surface area contributed by atoms with Gasteiger partial charge in [0.05, 0.1) is 5.71 Å². The van der Waals surface area contributed by atoms with E-state index >= 15 is 0 Å². The zero-order valence-corrected chi connectivity index (χ0v) is 6.92. The highest BCUT2D eigenvalue weighted by Gasteiger charge is 2.03. The predicted molar refractivity (Wildman–Crippen MR) is 49.1 cm³/mol. The Labute approximate surface area is 71.3 Å². The van der Waals surface area contributed by atoms with Gasteiger partial charge < -0.3 is 0 Å². The van der Waals surface area contributed by atoms with Crippen molar-refractivity contribution in [3.8, 4) is 0 Å². The van der Waals surface area contributed by atoms with Gasteiger partial charge in [-0.3, -0.25) is 4.99 Å². The fourth-order valence-corrected chi connectivity index (χ4v) is 0.991. The maximum absolute atomic E-state index is 13.1. The quantitative estimate of drug-likeness (QED) is 0.594. The molecule has 1 aromatic carbocycles. The fourth-order valence-electron chi connectivity index (χ4n) is 0.991. The van der Waals surface area contributed by atoms with Crippen LogP contribution in [0.2, 0.25) is 0 Å². The summed E-state index contributed by atoms with van der Waals surface area (Å²) >= 11 is 0. The lowest BCUT2D eigenvalue weighted by Gasteiger charge is -2.00. The molecule has 0 saturated carbocycles. The van der Waals surface area contributed by atoms with Crippen LogP contribution in [0.15, 0.2) is 41.9 Å². The van der Waals surface area contributed by atoms with E-state index in [1.54, 1.807) is 31.3 Å². The van der Waals surface area contributed by atoms with E-state index in [-0.39, 0.29) is 5.82 Å². The lowest BCUT2D eigenvalue weighted by atomic mass is 10.1. The number of nitrogens with zero attached hydrogens (tertiary/aromatic N) is 1. The van der Waals surface area contributed by atoms with Crippen LogP contribution in [-0.4, -0.2) is 12.8 Å². The summed E-state index contributed by atoms with van der Waals surface area (Å²) < 4.78 is 13.1. The first-order chi connectivity index (χ1) is 5.79. The Morgan fingerprint density at radius 1 is 1.50 bits per heavy atom. The Morgan fingerprint density at radius 3 is 2.67 bits per heavy atom. The topological polar surface area (TPSA) is 12.4 Å². The molecular formula is C10H10FN. The molecule has 0 unspecified atom stereocenters. The molecule has 0 N–H and O–H groups in total. The molecule has 0 atom stereocenters. The summed E-state index contributed by atoms with van der Waals surface area (Å²) in [7, 11) is 1.61. The molecule has 0 aliphatic carbocycles. The van der Waals surface area contributed by atoms with Crippen molar-refractivity contribution in [1.29, 1.82) is 0 Å². The number of rotatable bonds is 2. The third-order valence-corrected chi connectivity index (χ3v) is 1.58. The third-order valence-electron chi connectivity index (χ3n) is 1.58. The van der Waals surface area contributed by atoms with E-state index in [0.29, 0.717) is 11.3 Å². The molecule has 0 saturated heterocycles. The molecule has 62 valence electrons. The van der Waals surface area contributed by atoms with E-state index in [2.05, 4.69) is 11.6 Å². The lowest BCUT2D eigenvalue weighted by molar-refractivity contribution is 0.625. The first-order valence-electron chi connectivity index (χ1n) is 3.63. The first-order valence-corrected chi connectivity index (χ1v) is 3.63. The van der Waals surface area contributed by atoms with Gasteiger partial charge >= 0.3 is 0 Å². The molecule has 0 spiro atoms. The Hall–Kier alpha value is -1.44. The second-order valence-electron chi connectivity index (χ2n) is 2.29. The molecule has 12 heavy (non-hydrogen) atoms. The smallest absolute Gasteiger partial charge is 0.132 e. The monoisotopic (exact) mass is 163 g/mol. The summed E-state index contributed by atoms with van der Waals surface area (Å²) in [4.78, 5) is 3.90. The van der Waals surface area contributed by atoms with Gasteiger partial charge in [0.15, 0.2) is 0 Å². The largest absolute Gasteiger partial charge is 0.288 e. The lowest BCUT2D eigenvalue weighted by Crippen LogP contribution is -1.98. The summed E-state index contributed by atoms with van der Waals surface area (Å²) in [6.45, 7) is 3.55. The molecule has 1 rings (SSSR count). The van der Waals surface area contributed by atoms with E-state index in [0.717, 1.165) is 0 Å². The zero-order valence-electron chi connectivity index (χ0n) is 6.92. The molecular weight excluding hydrogens is 153 g/mol. The van der Waals surface area contributed by atoms with Gasteiger partial charge in [-0.25, -0.2) is 4.39 Å². The first kappa shape index (κ1) is 8.65. The van der Waals surface area contributed by atoms with Crippen molar-refractivity contribution in [1.82, 2.24) is 0 Å². The van der Waals surface area contributed by atoms with Crippen LogP contribution in [0, 0.1) is 5.82 Å². The minimum Gasteiger partial charge on any atom is -0.288 e. The third kappa shape index (κ3) is 1.59. The number of aliphatic imine (C=N–C) groups is 1. The van der Waals surface area contributed by atoms with Crippen molar-refractivity contribution in [2.75, 3.05) is 7.05 Å². The molecule has 0 amide bonds. The zero-order chi connectivity index (χ0) is 8.97. The van der Waals surface area contributed by atoms with Gasteiger partial charge in [-0.05, 0) is 18.2 Å². The van der Waals surface area contributed by atoms with Gasteiger partial charge in [0.1, 0.15) is 5.82 Å². The Kier molecular flexibility index (Phi) is 2.75. The number of halogens is 1. The average Bonchev–Trinajstić information content (AvgIpc) is 2.10. The molecule has 1 aromatic rings. The van der Waals surface area contributed by atoms with Crippen LogP contribution in [0.5, 0.6) is 0 Å².